The minimum atomic E-state index is -0.0845. The third-order valence-electron chi connectivity index (χ3n) is 2.51. The Bertz CT molecular complexity index is 691. The average molecular weight is 262 g/mol. The predicted molar refractivity (Wildman–Crippen MR) is 64.0 cm³/mol. The van der Waals surface area contributed by atoms with Crippen LogP contribution in [-0.2, 0) is 13.7 Å². The molecule has 7 nitrogen and oxygen atoms in total. The zero-order chi connectivity index (χ0) is 12.5. The summed E-state index contributed by atoms with van der Waals surface area (Å²) in [6.07, 6.45) is 1.87. The summed E-state index contributed by atoms with van der Waals surface area (Å²) >= 11 is 1.33. The monoisotopic (exact) mass is 262 g/mol. The zero-order valence-corrected chi connectivity index (χ0v) is 10.4. The highest BCUT2D eigenvalue weighted by Crippen LogP contribution is 2.28. The molecule has 0 aliphatic rings. The molecular weight excluding hydrogens is 252 g/mol. The molecule has 1 N–H and O–H groups in total. The summed E-state index contributed by atoms with van der Waals surface area (Å²) in [7, 11) is 1.76. The first-order chi connectivity index (χ1) is 8.79. The SMILES string of the molecule is Cn1nnnc1Sc1nc2ccccn2c1CO. The standard InChI is InChI=1S/C10H10N6OS/c1-15-10(12-13-14-15)18-9-7(6-17)16-5-3-2-4-8(16)11-9/h2-5,17H,6H2,1H3. The van der Waals surface area contributed by atoms with Gasteiger partial charge in [0.2, 0.25) is 5.16 Å². The largest absolute Gasteiger partial charge is 0.390 e. The lowest BCUT2D eigenvalue weighted by atomic mass is 10.4. The fraction of sp³-hybridized carbons (Fsp3) is 0.200. The number of pyridine rings is 1. The maximum atomic E-state index is 9.47. The molecule has 3 rings (SSSR count). The van der Waals surface area contributed by atoms with E-state index in [9.17, 15) is 5.11 Å². The van der Waals surface area contributed by atoms with Crippen molar-refractivity contribution in [2.45, 2.75) is 16.8 Å². The molecule has 0 amide bonds. The number of nitrogens with zero attached hydrogens (tertiary/aromatic N) is 6. The van der Waals surface area contributed by atoms with E-state index in [1.165, 1.54) is 11.8 Å². The number of aliphatic hydroxyl groups is 1. The molecule has 0 aliphatic heterocycles. The minimum Gasteiger partial charge on any atom is -0.390 e. The van der Waals surface area contributed by atoms with Crippen molar-refractivity contribution in [2.24, 2.45) is 7.05 Å². The van der Waals surface area contributed by atoms with Crippen LogP contribution in [0.25, 0.3) is 5.65 Å². The molecule has 0 atom stereocenters. The molecular formula is C10H10N6OS. The van der Waals surface area contributed by atoms with Crippen molar-refractivity contribution in [3.8, 4) is 0 Å². The molecule has 92 valence electrons. The van der Waals surface area contributed by atoms with Gasteiger partial charge < -0.3 is 9.51 Å². The Labute approximate surface area is 106 Å². The number of aryl methyl sites for hydroxylation is 1. The van der Waals surface area contributed by atoms with Crippen molar-refractivity contribution in [3.05, 3.63) is 30.1 Å². The van der Waals surface area contributed by atoms with Gasteiger partial charge >= 0.3 is 0 Å². The van der Waals surface area contributed by atoms with E-state index in [0.717, 1.165) is 11.3 Å². The number of tetrazole rings is 1. The highest BCUT2D eigenvalue weighted by Gasteiger charge is 2.15. The van der Waals surface area contributed by atoms with Gasteiger partial charge in [-0.1, -0.05) is 6.07 Å². The second kappa shape index (κ2) is 4.39. The van der Waals surface area contributed by atoms with Gasteiger partial charge in [-0.3, -0.25) is 0 Å². The van der Waals surface area contributed by atoms with Gasteiger partial charge in [0.1, 0.15) is 10.7 Å². The second-order valence-corrected chi connectivity index (χ2v) is 4.59. The third kappa shape index (κ3) is 1.75. The number of hydrogen-bond donors (Lipinski definition) is 1. The van der Waals surface area contributed by atoms with Gasteiger partial charge in [-0.15, -0.1) is 5.10 Å². The van der Waals surface area contributed by atoms with Crippen LogP contribution < -0.4 is 0 Å². The summed E-state index contributed by atoms with van der Waals surface area (Å²) in [6, 6.07) is 5.69. The average Bonchev–Trinajstić information content (AvgIpc) is 2.93. The number of imidazole rings is 1. The van der Waals surface area contributed by atoms with Crippen molar-refractivity contribution >= 4 is 17.4 Å². The van der Waals surface area contributed by atoms with Gasteiger partial charge in [0, 0.05) is 13.2 Å². The van der Waals surface area contributed by atoms with Gasteiger partial charge in [0.25, 0.3) is 0 Å². The van der Waals surface area contributed by atoms with Gasteiger partial charge in [0.15, 0.2) is 0 Å². The van der Waals surface area contributed by atoms with E-state index in [2.05, 4.69) is 20.5 Å². The fourth-order valence-corrected chi connectivity index (χ4v) is 2.48. The molecule has 0 fully saturated rings. The van der Waals surface area contributed by atoms with Crippen LogP contribution in [0.5, 0.6) is 0 Å². The lowest BCUT2D eigenvalue weighted by molar-refractivity contribution is 0.272. The van der Waals surface area contributed by atoms with Crippen LogP contribution in [-0.4, -0.2) is 34.7 Å². The van der Waals surface area contributed by atoms with Gasteiger partial charge in [0.05, 0.1) is 12.3 Å². The molecule has 0 saturated heterocycles. The smallest absolute Gasteiger partial charge is 0.215 e. The zero-order valence-electron chi connectivity index (χ0n) is 9.56. The van der Waals surface area contributed by atoms with E-state index in [1.54, 1.807) is 11.7 Å². The van der Waals surface area contributed by atoms with Crippen LogP contribution in [0.1, 0.15) is 5.69 Å². The van der Waals surface area contributed by atoms with Crippen LogP contribution in [0.15, 0.2) is 34.6 Å². The normalized spacial score (nSPS) is 11.2. The number of rotatable bonds is 3. The topological polar surface area (TPSA) is 81.1 Å². The quantitative estimate of drug-likeness (QED) is 0.740. The molecule has 3 aromatic rings. The lowest BCUT2D eigenvalue weighted by Gasteiger charge is -1.99. The third-order valence-corrected chi connectivity index (χ3v) is 3.56. The highest BCUT2D eigenvalue weighted by atomic mass is 32.2. The van der Waals surface area contributed by atoms with Crippen molar-refractivity contribution < 1.29 is 5.11 Å². The number of aliphatic hydroxyl groups excluding tert-OH is 1. The van der Waals surface area contributed by atoms with E-state index >= 15 is 0 Å². The molecule has 0 radical (unpaired) electrons. The summed E-state index contributed by atoms with van der Waals surface area (Å²) in [4.78, 5) is 4.46. The van der Waals surface area contributed by atoms with Crippen LogP contribution >= 0.6 is 11.8 Å². The Balaban J connectivity index is 2.09. The fourth-order valence-electron chi connectivity index (χ4n) is 1.64. The minimum absolute atomic E-state index is 0.0845. The molecule has 0 aromatic carbocycles. The van der Waals surface area contributed by atoms with Crippen molar-refractivity contribution in [2.75, 3.05) is 0 Å². The molecule has 0 saturated carbocycles. The molecule has 3 heterocycles. The van der Waals surface area contributed by atoms with E-state index in [1.807, 2.05) is 28.8 Å². The summed E-state index contributed by atoms with van der Waals surface area (Å²) in [5, 5.41) is 22.0. The Morgan fingerprint density at radius 1 is 1.39 bits per heavy atom. The van der Waals surface area contributed by atoms with Gasteiger partial charge in [-0.25, -0.2) is 9.67 Å². The Hall–Kier alpha value is -1.93. The van der Waals surface area contributed by atoms with E-state index in [0.29, 0.717) is 10.2 Å². The van der Waals surface area contributed by atoms with Crippen LogP contribution in [0.3, 0.4) is 0 Å². The molecule has 18 heavy (non-hydrogen) atoms. The summed E-state index contributed by atoms with van der Waals surface area (Å²) in [5.74, 6) is 0. The molecule has 3 aromatic heterocycles. The molecule has 8 heteroatoms. The predicted octanol–water partition coefficient (Wildman–Crippen LogP) is 0.501. The van der Waals surface area contributed by atoms with Gasteiger partial charge in [-0.2, -0.15) is 0 Å². The van der Waals surface area contributed by atoms with E-state index in [4.69, 9.17) is 0 Å². The maximum Gasteiger partial charge on any atom is 0.215 e. The molecule has 0 bridgehead atoms. The first kappa shape index (κ1) is 11.2. The van der Waals surface area contributed by atoms with E-state index < -0.39 is 0 Å². The Morgan fingerprint density at radius 2 is 2.28 bits per heavy atom. The molecule has 0 unspecified atom stereocenters. The van der Waals surface area contributed by atoms with Crippen LogP contribution in [0, 0.1) is 0 Å². The number of aromatic nitrogens is 6. The summed E-state index contributed by atoms with van der Waals surface area (Å²) < 4.78 is 3.42. The second-order valence-electron chi connectivity index (χ2n) is 3.64. The Kier molecular flexibility index (Phi) is 2.73. The molecule has 0 spiro atoms. The van der Waals surface area contributed by atoms with E-state index in [-0.39, 0.29) is 6.61 Å². The van der Waals surface area contributed by atoms with Crippen LogP contribution in [0.2, 0.25) is 0 Å². The summed E-state index contributed by atoms with van der Waals surface area (Å²) in [6.45, 7) is -0.0845. The lowest BCUT2D eigenvalue weighted by Crippen LogP contribution is -1.95. The Morgan fingerprint density at radius 3 is 3.00 bits per heavy atom. The van der Waals surface area contributed by atoms with Gasteiger partial charge in [-0.05, 0) is 34.3 Å². The highest BCUT2D eigenvalue weighted by molar-refractivity contribution is 7.99. The van der Waals surface area contributed by atoms with Crippen LogP contribution in [0.4, 0.5) is 0 Å². The summed E-state index contributed by atoms with van der Waals surface area (Å²) in [5.41, 5.74) is 1.53. The van der Waals surface area contributed by atoms with Crippen molar-refractivity contribution in [1.82, 2.24) is 29.6 Å². The molecule has 0 aliphatic carbocycles. The van der Waals surface area contributed by atoms with Crippen molar-refractivity contribution in [3.63, 3.8) is 0 Å². The number of hydrogen-bond acceptors (Lipinski definition) is 6. The number of fused-ring (bicyclic) bond motifs is 1. The first-order valence-corrected chi connectivity index (χ1v) is 6.08. The maximum absolute atomic E-state index is 9.47. The van der Waals surface area contributed by atoms with Crippen molar-refractivity contribution in [1.29, 1.82) is 0 Å². The first-order valence-electron chi connectivity index (χ1n) is 5.26.